The molecule has 0 saturated heterocycles. The smallest absolute Gasteiger partial charge is 0.305 e. The Morgan fingerprint density at radius 2 is 2.06 bits per heavy atom. The number of hydrogen-bond acceptors (Lipinski definition) is 7. The first-order chi connectivity index (χ1) is 15.5. The van der Waals surface area contributed by atoms with Gasteiger partial charge in [0.15, 0.2) is 0 Å². The maximum Gasteiger partial charge on any atom is 0.305 e. The molecule has 0 bridgehead atoms. The average molecular weight is 454 g/mol. The van der Waals surface area contributed by atoms with Gasteiger partial charge < -0.3 is 14.4 Å². The van der Waals surface area contributed by atoms with E-state index in [0.717, 1.165) is 22.9 Å². The van der Waals surface area contributed by atoms with Crippen molar-refractivity contribution in [1.82, 2.24) is 19.9 Å². The van der Waals surface area contributed by atoms with E-state index in [1.807, 2.05) is 32.0 Å². The third-order valence-electron chi connectivity index (χ3n) is 5.11. The Balaban J connectivity index is 0.00000306. The summed E-state index contributed by atoms with van der Waals surface area (Å²) < 4.78 is 12.9. The van der Waals surface area contributed by atoms with E-state index in [1.54, 1.807) is 29.1 Å². The number of fused-ring (bicyclic) bond motifs is 1. The van der Waals surface area contributed by atoms with Crippen molar-refractivity contribution in [2.24, 2.45) is 0 Å². The van der Waals surface area contributed by atoms with Crippen LogP contribution in [0, 0.1) is 11.3 Å². The molecular weight excluding hydrogens is 433 g/mol. The molecule has 4 aromatic rings. The minimum Gasteiger partial charge on any atom is -0.489 e. The zero-order chi connectivity index (χ0) is 22.7. The van der Waals surface area contributed by atoms with Crippen molar-refractivity contribution in [3.63, 3.8) is 0 Å². The summed E-state index contributed by atoms with van der Waals surface area (Å²) in [5.41, 5.74) is 2.59. The van der Waals surface area contributed by atoms with Crippen molar-refractivity contribution in [3.8, 4) is 34.7 Å². The van der Waals surface area contributed by atoms with Crippen LogP contribution in [0.1, 0.15) is 32.3 Å². The molecule has 4 rings (SSSR count). The number of benzene rings is 2. The number of nitrogens with zero attached hydrogens (tertiary/aromatic N) is 5. The molecule has 163 valence electrons. The second kappa shape index (κ2) is 10.6. The Hall–Kier alpha value is -3.19. The Morgan fingerprint density at radius 1 is 1.27 bits per heavy atom. The number of rotatable bonds is 8. The van der Waals surface area contributed by atoms with Gasteiger partial charge in [0, 0.05) is 46.1 Å². The first-order valence-electron chi connectivity index (χ1n) is 10.2. The Kier molecular flexibility index (Phi) is 7.87. The maximum absolute atomic E-state index is 10.8. The molecule has 0 unspecified atom stereocenters. The summed E-state index contributed by atoms with van der Waals surface area (Å²) in [5, 5.41) is 27.5. The van der Waals surface area contributed by atoms with Crippen molar-refractivity contribution in [1.29, 1.82) is 5.26 Å². The summed E-state index contributed by atoms with van der Waals surface area (Å²) in [5.74, 6) is 0.349. The Labute approximate surface area is 212 Å². The molecule has 10 heteroatoms. The number of aliphatic carboxylic acids is 1. The summed E-state index contributed by atoms with van der Waals surface area (Å²) in [6.07, 6.45) is 2.52. The van der Waals surface area contributed by atoms with Crippen molar-refractivity contribution in [3.05, 3.63) is 48.2 Å². The third-order valence-corrected chi connectivity index (χ3v) is 5.11. The van der Waals surface area contributed by atoms with Crippen LogP contribution in [0.3, 0.4) is 0 Å². The summed E-state index contributed by atoms with van der Waals surface area (Å²) in [7, 11) is 0. The predicted octanol–water partition coefficient (Wildman–Crippen LogP) is 3.90. The molecule has 0 fully saturated rings. The van der Waals surface area contributed by atoms with E-state index in [-0.39, 0.29) is 42.1 Å². The number of hydrogen-bond donors (Lipinski definition) is 1. The number of aromatic nitrogens is 4. The van der Waals surface area contributed by atoms with E-state index in [1.165, 1.54) is 0 Å². The molecule has 9 nitrogen and oxygen atoms in total. The molecule has 1 radical (unpaired) electrons. The average Bonchev–Trinajstić information content (AvgIpc) is 3.45. The zero-order valence-corrected chi connectivity index (χ0v) is 20.6. The number of carboxylic acid groups (broad SMARTS) is 1. The minimum absolute atomic E-state index is 0. The normalized spacial score (nSPS) is 11.5. The van der Waals surface area contributed by atoms with Crippen LogP contribution in [-0.2, 0) is 11.3 Å². The SMILES string of the molecule is CC[C@@H](C)Oc1ccc(-c2nc(-c3ccc4c(cnn4CCC(=O)O)c3)no2)cc1C#N.[Na]. The molecule has 33 heavy (non-hydrogen) atoms. The van der Waals surface area contributed by atoms with Gasteiger partial charge in [-0.25, -0.2) is 0 Å². The van der Waals surface area contributed by atoms with Crippen molar-refractivity contribution < 1.29 is 19.2 Å². The van der Waals surface area contributed by atoms with E-state index < -0.39 is 5.97 Å². The van der Waals surface area contributed by atoms with Gasteiger partial charge in [-0.3, -0.25) is 9.48 Å². The van der Waals surface area contributed by atoms with Crippen LogP contribution < -0.4 is 4.74 Å². The van der Waals surface area contributed by atoms with Gasteiger partial charge in [-0.2, -0.15) is 15.3 Å². The summed E-state index contributed by atoms with van der Waals surface area (Å²) in [6.45, 7) is 4.26. The van der Waals surface area contributed by atoms with Crippen molar-refractivity contribution in [2.45, 2.75) is 39.3 Å². The van der Waals surface area contributed by atoms with Crippen LogP contribution in [0.15, 0.2) is 47.1 Å². The number of aryl methyl sites for hydroxylation is 1. The monoisotopic (exact) mass is 454 g/mol. The molecule has 2 aromatic heterocycles. The first kappa shape index (κ1) is 24.5. The van der Waals surface area contributed by atoms with Crippen LogP contribution in [0.5, 0.6) is 5.75 Å². The molecule has 1 atom stereocenters. The molecule has 2 heterocycles. The summed E-state index contributed by atoms with van der Waals surface area (Å²) in [6, 6.07) is 12.9. The van der Waals surface area contributed by atoms with Gasteiger partial charge in [0.1, 0.15) is 11.8 Å². The maximum atomic E-state index is 10.8. The second-order valence-corrected chi connectivity index (χ2v) is 7.37. The Morgan fingerprint density at radius 3 is 2.79 bits per heavy atom. The zero-order valence-electron chi connectivity index (χ0n) is 18.6. The standard InChI is InChI=1S/C23H21N5O4.Na/c1-3-14(2)31-20-7-5-16(11-17(20)12-24)23-26-22(27-32-23)15-4-6-19-18(10-15)13-25-28(19)9-8-21(29)30;/h4-7,10-11,13-14H,3,8-9H2,1-2H3,(H,29,30);/t14-;/m1./s1. The van der Waals surface area contributed by atoms with Crippen molar-refractivity contribution in [2.75, 3.05) is 0 Å². The molecule has 0 amide bonds. The van der Waals surface area contributed by atoms with E-state index >= 15 is 0 Å². The largest absolute Gasteiger partial charge is 0.489 e. The fourth-order valence-corrected chi connectivity index (χ4v) is 3.22. The number of ether oxygens (including phenoxy) is 1. The van der Waals surface area contributed by atoms with E-state index in [0.29, 0.717) is 35.1 Å². The van der Waals surface area contributed by atoms with Crippen LogP contribution in [0.2, 0.25) is 0 Å². The van der Waals surface area contributed by atoms with Crippen LogP contribution >= 0.6 is 0 Å². The second-order valence-electron chi connectivity index (χ2n) is 7.37. The quantitative estimate of drug-likeness (QED) is 0.397. The molecule has 0 aliphatic rings. The molecule has 0 spiro atoms. The van der Waals surface area contributed by atoms with Gasteiger partial charge in [0.2, 0.25) is 5.82 Å². The molecule has 0 saturated carbocycles. The van der Waals surface area contributed by atoms with Gasteiger partial charge in [0.25, 0.3) is 5.89 Å². The van der Waals surface area contributed by atoms with Crippen molar-refractivity contribution >= 4 is 46.4 Å². The number of carboxylic acids is 1. The van der Waals surface area contributed by atoms with Gasteiger partial charge >= 0.3 is 5.97 Å². The minimum atomic E-state index is -0.872. The van der Waals surface area contributed by atoms with Gasteiger partial charge in [0.05, 0.1) is 36.3 Å². The topological polar surface area (TPSA) is 127 Å². The van der Waals surface area contributed by atoms with Gasteiger partial charge in [-0.05, 0) is 49.7 Å². The molecule has 0 aliphatic carbocycles. The molecular formula is C23H21N5NaO4. The Bertz CT molecular complexity index is 1320. The third kappa shape index (κ3) is 5.42. The number of carbonyl (C=O) groups is 1. The molecule has 2 aromatic carbocycles. The van der Waals surface area contributed by atoms with Gasteiger partial charge in [-0.1, -0.05) is 12.1 Å². The van der Waals surface area contributed by atoms with E-state index in [4.69, 9.17) is 14.4 Å². The molecule has 0 aliphatic heterocycles. The fourth-order valence-electron chi connectivity index (χ4n) is 3.22. The van der Waals surface area contributed by atoms with Crippen LogP contribution in [0.4, 0.5) is 0 Å². The fraction of sp³-hybridized carbons (Fsp3) is 0.261. The summed E-state index contributed by atoms with van der Waals surface area (Å²) >= 11 is 0. The van der Waals surface area contributed by atoms with E-state index in [9.17, 15) is 10.1 Å². The number of nitriles is 1. The predicted molar refractivity (Wildman–Crippen MR) is 122 cm³/mol. The van der Waals surface area contributed by atoms with Gasteiger partial charge in [-0.15, -0.1) is 0 Å². The van der Waals surface area contributed by atoms with Crippen LogP contribution in [-0.4, -0.2) is 66.7 Å². The molecule has 1 N–H and O–H groups in total. The first-order valence-corrected chi connectivity index (χ1v) is 10.2. The summed E-state index contributed by atoms with van der Waals surface area (Å²) in [4.78, 5) is 15.3. The van der Waals surface area contributed by atoms with E-state index in [2.05, 4.69) is 21.3 Å². The van der Waals surface area contributed by atoms with Crippen LogP contribution in [0.25, 0.3) is 33.7 Å².